The molecule has 3 rings (SSSR count). The SMILES string of the molecule is COC1(C2CCN(C)CC2)c2cc(C)ccc2CC1(C)C. The van der Waals surface area contributed by atoms with Gasteiger partial charge in [0.1, 0.15) is 5.60 Å². The van der Waals surface area contributed by atoms with E-state index < -0.39 is 0 Å². The molecule has 21 heavy (non-hydrogen) atoms. The van der Waals surface area contributed by atoms with Crippen molar-refractivity contribution in [3.05, 3.63) is 34.9 Å². The Balaban J connectivity index is 2.09. The summed E-state index contributed by atoms with van der Waals surface area (Å²) in [4.78, 5) is 2.44. The molecule has 1 fully saturated rings. The van der Waals surface area contributed by atoms with Gasteiger partial charge >= 0.3 is 0 Å². The second-order valence-electron chi connectivity index (χ2n) is 7.74. The molecule has 2 heteroatoms. The Kier molecular flexibility index (Phi) is 3.66. The third kappa shape index (κ3) is 2.15. The Labute approximate surface area is 129 Å². The highest BCUT2D eigenvalue weighted by molar-refractivity contribution is 5.44. The van der Waals surface area contributed by atoms with E-state index in [1.54, 1.807) is 0 Å². The lowest BCUT2D eigenvalue weighted by molar-refractivity contribution is -0.148. The van der Waals surface area contributed by atoms with Gasteiger partial charge in [0, 0.05) is 12.5 Å². The lowest BCUT2D eigenvalue weighted by Gasteiger charge is -2.49. The zero-order chi connectivity index (χ0) is 15.3. The molecule has 1 unspecified atom stereocenters. The van der Waals surface area contributed by atoms with E-state index in [0.29, 0.717) is 5.92 Å². The molecule has 0 saturated carbocycles. The zero-order valence-electron chi connectivity index (χ0n) is 14.2. The van der Waals surface area contributed by atoms with Crippen molar-refractivity contribution in [3.8, 4) is 0 Å². The maximum Gasteiger partial charge on any atom is 0.101 e. The van der Waals surface area contributed by atoms with Crippen molar-refractivity contribution >= 4 is 0 Å². The van der Waals surface area contributed by atoms with Crippen molar-refractivity contribution in [2.75, 3.05) is 27.2 Å². The topological polar surface area (TPSA) is 12.5 Å². The van der Waals surface area contributed by atoms with Crippen molar-refractivity contribution in [1.82, 2.24) is 4.90 Å². The quantitative estimate of drug-likeness (QED) is 0.821. The molecule has 2 nitrogen and oxygen atoms in total. The van der Waals surface area contributed by atoms with Crippen LogP contribution in [0.25, 0.3) is 0 Å². The van der Waals surface area contributed by atoms with Gasteiger partial charge in [-0.15, -0.1) is 0 Å². The van der Waals surface area contributed by atoms with Crippen molar-refractivity contribution in [1.29, 1.82) is 0 Å². The van der Waals surface area contributed by atoms with Crippen molar-refractivity contribution in [2.45, 2.75) is 45.6 Å². The number of piperidine rings is 1. The molecule has 0 N–H and O–H groups in total. The highest BCUT2D eigenvalue weighted by atomic mass is 16.5. The maximum atomic E-state index is 6.35. The van der Waals surface area contributed by atoms with E-state index in [1.807, 2.05) is 7.11 Å². The number of fused-ring (bicyclic) bond motifs is 1. The number of likely N-dealkylation sites (tertiary alicyclic amines) is 1. The molecule has 1 aliphatic carbocycles. The molecule has 0 spiro atoms. The molecule has 1 aliphatic heterocycles. The summed E-state index contributed by atoms with van der Waals surface area (Å²) in [5.41, 5.74) is 4.35. The Bertz CT molecular complexity index is 528. The van der Waals surface area contributed by atoms with Crippen LogP contribution in [0.1, 0.15) is 43.4 Å². The summed E-state index contributed by atoms with van der Waals surface area (Å²) < 4.78 is 6.35. The summed E-state index contributed by atoms with van der Waals surface area (Å²) in [7, 11) is 4.16. The summed E-state index contributed by atoms with van der Waals surface area (Å²) in [5, 5.41) is 0. The largest absolute Gasteiger partial charge is 0.373 e. The number of hydrogen-bond acceptors (Lipinski definition) is 2. The van der Waals surface area contributed by atoms with Gasteiger partial charge in [-0.05, 0) is 63.4 Å². The van der Waals surface area contributed by atoms with E-state index in [9.17, 15) is 0 Å². The van der Waals surface area contributed by atoms with Gasteiger partial charge in [0.25, 0.3) is 0 Å². The highest BCUT2D eigenvalue weighted by Gasteiger charge is 2.57. The molecule has 0 bridgehead atoms. The number of hydrogen-bond donors (Lipinski definition) is 0. The molecule has 0 radical (unpaired) electrons. The number of aryl methyl sites for hydroxylation is 1. The normalized spacial score (nSPS) is 29.6. The first-order valence-corrected chi connectivity index (χ1v) is 8.24. The predicted molar refractivity (Wildman–Crippen MR) is 87.6 cm³/mol. The molecule has 0 aromatic heterocycles. The average molecular weight is 287 g/mol. The fourth-order valence-electron chi connectivity index (χ4n) is 4.90. The molecule has 1 aromatic rings. The summed E-state index contributed by atoms with van der Waals surface area (Å²) in [6.45, 7) is 9.36. The lowest BCUT2D eigenvalue weighted by Crippen LogP contribution is -2.50. The first-order valence-electron chi connectivity index (χ1n) is 8.24. The monoisotopic (exact) mass is 287 g/mol. The summed E-state index contributed by atoms with van der Waals surface area (Å²) in [6.07, 6.45) is 3.60. The third-order valence-corrected chi connectivity index (χ3v) is 5.92. The molecular weight excluding hydrogens is 258 g/mol. The average Bonchev–Trinajstić information content (AvgIpc) is 2.66. The third-order valence-electron chi connectivity index (χ3n) is 5.92. The fraction of sp³-hybridized carbons (Fsp3) is 0.684. The summed E-state index contributed by atoms with van der Waals surface area (Å²) in [5.74, 6) is 0.622. The van der Waals surface area contributed by atoms with Gasteiger partial charge in [0.05, 0.1) is 0 Å². The van der Waals surface area contributed by atoms with Crippen LogP contribution in [0.15, 0.2) is 18.2 Å². The van der Waals surface area contributed by atoms with Gasteiger partial charge in [0.15, 0.2) is 0 Å². The van der Waals surface area contributed by atoms with Crippen LogP contribution >= 0.6 is 0 Å². The molecule has 1 heterocycles. The smallest absolute Gasteiger partial charge is 0.101 e. The molecule has 1 aromatic carbocycles. The first kappa shape index (κ1) is 15.1. The van der Waals surface area contributed by atoms with Gasteiger partial charge in [-0.1, -0.05) is 37.6 Å². The summed E-state index contributed by atoms with van der Waals surface area (Å²) >= 11 is 0. The van der Waals surface area contributed by atoms with Crippen LogP contribution in [0.4, 0.5) is 0 Å². The number of benzene rings is 1. The van der Waals surface area contributed by atoms with Crippen LogP contribution in [-0.2, 0) is 16.8 Å². The van der Waals surface area contributed by atoms with Crippen LogP contribution in [0, 0.1) is 18.3 Å². The number of ether oxygens (including phenoxy) is 1. The Morgan fingerprint density at radius 2 is 1.86 bits per heavy atom. The number of methoxy groups -OCH3 is 1. The maximum absolute atomic E-state index is 6.35. The van der Waals surface area contributed by atoms with Crippen LogP contribution in [0.2, 0.25) is 0 Å². The van der Waals surface area contributed by atoms with Crippen molar-refractivity contribution < 1.29 is 4.74 Å². The first-order chi connectivity index (χ1) is 9.90. The number of nitrogens with zero attached hydrogens (tertiary/aromatic N) is 1. The minimum Gasteiger partial charge on any atom is -0.373 e. The van der Waals surface area contributed by atoms with E-state index in [4.69, 9.17) is 4.74 Å². The van der Waals surface area contributed by atoms with Crippen LogP contribution < -0.4 is 0 Å². The van der Waals surface area contributed by atoms with Crippen molar-refractivity contribution in [3.63, 3.8) is 0 Å². The van der Waals surface area contributed by atoms with E-state index in [-0.39, 0.29) is 11.0 Å². The second kappa shape index (κ2) is 5.10. The number of rotatable bonds is 2. The highest BCUT2D eigenvalue weighted by Crippen LogP contribution is 2.58. The van der Waals surface area contributed by atoms with Gasteiger partial charge in [-0.2, -0.15) is 0 Å². The summed E-state index contributed by atoms with van der Waals surface area (Å²) in [6, 6.07) is 6.95. The van der Waals surface area contributed by atoms with Gasteiger partial charge in [-0.25, -0.2) is 0 Å². The molecule has 0 amide bonds. The van der Waals surface area contributed by atoms with Crippen LogP contribution in [0.5, 0.6) is 0 Å². The molecular formula is C19H29NO. The standard InChI is InChI=1S/C19H29NO/c1-14-6-7-15-13-18(2,3)19(21-5,17(15)12-14)16-8-10-20(4)11-9-16/h6-7,12,16H,8-11,13H2,1-5H3. The fourth-order valence-corrected chi connectivity index (χ4v) is 4.90. The second-order valence-corrected chi connectivity index (χ2v) is 7.74. The van der Waals surface area contributed by atoms with Crippen LogP contribution in [-0.4, -0.2) is 32.1 Å². The van der Waals surface area contributed by atoms with Gasteiger partial charge < -0.3 is 9.64 Å². The van der Waals surface area contributed by atoms with Crippen LogP contribution in [0.3, 0.4) is 0 Å². The Morgan fingerprint density at radius 3 is 2.48 bits per heavy atom. The molecule has 2 aliphatic rings. The molecule has 116 valence electrons. The minimum atomic E-state index is -0.115. The van der Waals surface area contributed by atoms with Gasteiger partial charge in [-0.3, -0.25) is 0 Å². The van der Waals surface area contributed by atoms with E-state index in [0.717, 1.165) is 6.42 Å². The molecule has 1 saturated heterocycles. The molecule has 1 atom stereocenters. The van der Waals surface area contributed by atoms with Crippen molar-refractivity contribution in [2.24, 2.45) is 11.3 Å². The lowest BCUT2D eigenvalue weighted by atomic mass is 9.65. The minimum absolute atomic E-state index is 0.115. The van der Waals surface area contributed by atoms with E-state index in [1.165, 1.54) is 42.6 Å². The van der Waals surface area contributed by atoms with Gasteiger partial charge in [0.2, 0.25) is 0 Å². The van der Waals surface area contributed by atoms with E-state index in [2.05, 4.69) is 50.9 Å². The van der Waals surface area contributed by atoms with E-state index >= 15 is 0 Å². The Hall–Kier alpha value is -0.860. The zero-order valence-corrected chi connectivity index (χ0v) is 14.2. The Morgan fingerprint density at radius 1 is 1.19 bits per heavy atom. The predicted octanol–water partition coefficient (Wildman–Crippen LogP) is 3.76.